The summed E-state index contributed by atoms with van der Waals surface area (Å²) < 4.78 is 4.75. The second kappa shape index (κ2) is 10.9. The lowest BCUT2D eigenvalue weighted by molar-refractivity contribution is -0.145. The highest BCUT2D eigenvalue weighted by molar-refractivity contribution is 6.03. The first-order valence-corrected chi connectivity index (χ1v) is 8.68. The molecule has 0 saturated carbocycles. The largest absolute Gasteiger partial charge is 0.468 e. The van der Waals surface area contributed by atoms with Gasteiger partial charge in [0.15, 0.2) is 0 Å². The minimum atomic E-state index is -0.849. The molecule has 1 aromatic heterocycles. The Hall–Kier alpha value is -2.31. The Morgan fingerprint density at radius 1 is 0.893 bits per heavy atom. The van der Waals surface area contributed by atoms with Crippen LogP contribution in [0.15, 0.2) is 48.8 Å². The lowest BCUT2D eigenvalue weighted by Gasteiger charge is -2.37. The number of benzene rings is 1. The maximum absolute atomic E-state index is 11.8. The van der Waals surface area contributed by atoms with Crippen LogP contribution in [0.25, 0.3) is 0 Å². The van der Waals surface area contributed by atoms with Crippen LogP contribution in [0, 0.1) is 0 Å². The third-order valence-corrected chi connectivity index (χ3v) is 4.74. The van der Waals surface area contributed by atoms with Crippen molar-refractivity contribution in [2.45, 2.75) is 12.8 Å². The van der Waals surface area contributed by atoms with E-state index in [0.29, 0.717) is 5.56 Å². The molecule has 0 spiro atoms. The number of rotatable bonds is 5. The van der Waals surface area contributed by atoms with Crippen molar-refractivity contribution in [3.63, 3.8) is 0 Å². The minimum Gasteiger partial charge on any atom is -0.468 e. The zero-order valence-electron chi connectivity index (χ0n) is 15.9. The molecule has 1 unspecified atom stereocenters. The van der Waals surface area contributed by atoms with Gasteiger partial charge in [0.05, 0.1) is 7.11 Å². The molecule has 28 heavy (non-hydrogen) atoms. The predicted octanol–water partition coefficient (Wildman–Crippen LogP) is 3.10. The predicted molar refractivity (Wildman–Crippen MR) is 115 cm³/mol. The van der Waals surface area contributed by atoms with Crippen molar-refractivity contribution in [1.82, 2.24) is 4.98 Å². The molecule has 6 nitrogen and oxygen atoms in total. The first-order valence-electron chi connectivity index (χ1n) is 8.68. The number of anilines is 2. The quantitative estimate of drug-likeness (QED) is 0.541. The van der Waals surface area contributed by atoms with Crippen LogP contribution in [0.1, 0.15) is 18.4 Å². The minimum absolute atomic E-state index is 0. The van der Waals surface area contributed by atoms with Gasteiger partial charge in [-0.1, -0.05) is 12.1 Å². The Labute approximate surface area is 177 Å². The maximum atomic E-state index is 11.8. The summed E-state index contributed by atoms with van der Waals surface area (Å²) in [6.07, 6.45) is 3.63. The van der Waals surface area contributed by atoms with Gasteiger partial charge in [-0.3, -0.25) is 14.6 Å². The van der Waals surface area contributed by atoms with Gasteiger partial charge in [-0.15, -0.1) is 24.8 Å². The number of esters is 1. The number of Topliss-reactive ketones (excluding diaryl/α,β-unsaturated/α-hetero) is 1. The van der Waals surface area contributed by atoms with Crippen LogP contribution in [0.4, 0.5) is 11.4 Å². The highest BCUT2D eigenvalue weighted by Gasteiger charge is 2.26. The number of piperazine rings is 1. The number of carbonyl (C=O) groups is 2. The van der Waals surface area contributed by atoms with Crippen LogP contribution in [-0.4, -0.2) is 50.0 Å². The smallest absolute Gasteiger partial charge is 0.320 e. The lowest BCUT2D eigenvalue weighted by Crippen LogP contribution is -2.46. The molecule has 8 heteroatoms. The van der Waals surface area contributed by atoms with Crippen molar-refractivity contribution in [2.75, 3.05) is 43.1 Å². The third-order valence-electron chi connectivity index (χ3n) is 4.74. The van der Waals surface area contributed by atoms with Crippen molar-refractivity contribution >= 4 is 47.9 Å². The molecule has 1 aliphatic rings. The fourth-order valence-corrected chi connectivity index (χ4v) is 3.31. The molecule has 1 aromatic carbocycles. The number of methoxy groups -OCH3 is 1. The first-order chi connectivity index (χ1) is 12.6. The molecule has 1 aliphatic heterocycles. The summed E-state index contributed by atoms with van der Waals surface area (Å²) in [6.45, 7) is 5.10. The molecule has 1 fully saturated rings. The molecule has 0 radical (unpaired) electrons. The van der Waals surface area contributed by atoms with Gasteiger partial charge in [0.2, 0.25) is 0 Å². The lowest BCUT2D eigenvalue weighted by atomic mass is 9.95. The molecular formula is C20H25Cl2N3O3. The number of carbonyl (C=O) groups excluding carboxylic acids is 2. The van der Waals surface area contributed by atoms with E-state index in [1.54, 1.807) is 0 Å². The molecule has 1 saturated heterocycles. The molecule has 2 heterocycles. The fourth-order valence-electron chi connectivity index (χ4n) is 3.31. The van der Waals surface area contributed by atoms with E-state index in [4.69, 9.17) is 4.74 Å². The Bertz CT molecular complexity index is 764. The van der Waals surface area contributed by atoms with Gasteiger partial charge in [0.25, 0.3) is 0 Å². The van der Waals surface area contributed by atoms with Crippen molar-refractivity contribution in [3.05, 3.63) is 54.4 Å². The van der Waals surface area contributed by atoms with Crippen molar-refractivity contribution in [2.24, 2.45) is 0 Å². The van der Waals surface area contributed by atoms with Gasteiger partial charge in [-0.25, -0.2) is 0 Å². The summed E-state index contributed by atoms with van der Waals surface area (Å²) in [5.74, 6) is -1.58. The number of hydrogen-bond acceptors (Lipinski definition) is 6. The van der Waals surface area contributed by atoms with Gasteiger partial charge in [0.1, 0.15) is 11.7 Å². The van der Waals surface area contributed by atoms with Crippen molar-refractivity contribution < 1.29 is 14.3 Å². The van der Waals surface area contributed by atoms with Crippen LogP contribution in [0.5, 0.6) is 0 Å². The van der Waals surface area contributed by atoms with E-state index >= 15 is 0 Å². The molecule has 2 aromatic rings. The van der Waals surface area contributed by atoms with Gasteiger partial charge >= 0.3 is 5.97 Å². The number of nitrogens with zero attached hydrogens (tertiary/aromatic N) is 3. The normalized spacial score (nSPS) is 14.4. The number of ketones is 1. The maximum Gasteiger partial charge on any atom is 0.320 e. The Morgan fingerprint density at radius 3 is 1.79 bits per heavy atom. The summed E-state index contributed by atoms with van der Waals surface area (Å²) in [6, 6.07) is 11.7. The van der Waals surface area contributed by atoms with Crippen LogP contribution in [-0.2, 0) is 14.3 Å². The number of pyridine rings is 1. The third kappa shape index (κ3) is 5.36. The zero-order valence-corrected chi connectivity index (χ0v) is 17.5. The summed E-state index contributed by atoms with van der Waals surface area (Å²) in [4.78, 5) is 32.3. The second-order valence-corrected chi connectivity index (χ2v) is 6.34. The van der Waals surface area contributed by atoms with Crippen LogP contribution >= 0.6 is 24.8 Å². The van der Waals surface area contributed by atoms with E-state index < -0.39 is 11.9 Å². The van der Waals surface area contributed by atoms with E-state index in [0.717, 1.165) is 31.9 Å². The fraction of sp³-hybridized carbons (Fsp3) is 0.350. The van der Waals surface area contributed by atoms with E-state index in [1.165, 1.54) is 19.7 Å². The second-order valence-electron chi connectivity index (χ2n) is 6.34. The summed E-state index contributed by atoms with van der Waals surface area (Å²) >= 11 is 0. The van der Waals surface area contributed by atoms with Gasteiger partial charge in [-0.05, 0) is 36.8 Å². The number of ether oxygens (including phenoxy) is 1. The number of aromatic nitrogens is 1. The van der Waals surface area contributed by atoms with Crippen molar-refractivity contribution in [1.29, 1.82) is 0 Å². The molecule has 3 rings (SSSR count). The van der Waals surface area contributed by atoms with E-state index in [2.05, 4.69) is 14.8 Å². The summed E-state index contributed by atoms with van der Waals surface area (Å²) in [5.41, 5.74) is 2.95. The van der Waals surface area contributed by atoms with Crippen molar-refractivity contribution in [3.8, 4) is 0 Å². The van der Waals surface area contributed by atoms with E-state index in [9.17, 15) is 9.59 Å². The molecule has 152 valence electrons. The summed E-state index contributed by atoms with van der Waals surface area (Å²) in [5, 5.41) is 0. The Kier molecular flexibility index (Phi) is 9.22. The standard InChI is InChI=1S/C20H23N3O3.2ClH/c1-15(24)19(20(25)26-2)16-3-5-17(6-4-16)22-11-13-23(14-12-22)18-7-9-21-10-8-18;;/h3-10,19H,11-14H2,1-2H3;2*1H. The Balaban J connectivity index is 0.00000196. The molecule has 0 amide bonds. The van der Waals surface area contributed by atoms with Crippen LogP contribution in [0.2, 0.25) is 0 Å². The average Bonchev–Trinajstić information content (AvgIpc) is 2.69. The highest BCUT2D eigenvalue weighted by atomic mass is 35.5. The SMILES string of the molecule is COC(=O)C(C(C)=O)c1ccc(N2CCN(c3ccncc3)CC2)cc1.Cl.Cl. The van der Waals surface area contributed by atoms with Gasteiger partial charge in [-0.2, -0.15) is 0 Å². The summed E-state index contributed by atoms with van der Waals surface area (Å²) in [7, 11) is 1.30. The zero-order chi connectivity index (χ0) is 18.5. The number of hydrogen-bond donors (Lipinski definition) is 0. The monoisotopic (exact) mass is 425 g/mol. The first kappa shape index (κ1) is 23.7. The van der Waals surface area contributed by atoms with E-state index in [1.807, 2.05) is 48.8 Å². The van der Waals surface area contributed by atoms with Gasteiger partial charge in [0, 0.05) is 49.9 Å². The van der Waals surface area contributed by atoms with Crippen LogP contribution < -0.4 is 9.80 Å². The molecular weight excluding hydrogens is 401 g/mol. The topological polar surface area (TPSA) is 62.7 Å². The highest BCUT2D eigenvalue weighted by Crippen LogP contribution is 2.24. The van der Waals surface area contributed by atoms with Gasteiger partial charge < -0.3 is 14.5 Å². The van der Waals surface area contributed by atoms with E-state index in [-0.39, 0.29) is 30.6 Å². The molecule has 0 bridgehead atoms. The Morgan fingerprint density at radius 2 is 1.36 bits per heavy atom. The van der Waals surface area contributed by atoms with Crippen LogP contribution in [0.3, 0.4) is 0 Å². The molecule has 1 atom stereocenters. The number of halogens is 2. The average molecular weight is 426 g/mol. The molecule has 0 aliphatic carbocycles. The molecule has 0 N–H and O–H groups in total.